The highest BCUT2D eigenvalue weighted by Gasteiger charge is 2.19. The summed E-state index contributed by atoms with van der Waals surface area (Å²) in [5, 5.41) is 0. The lowest BCUT2D eigenvalue weighted by atomic mass is 10.0. The standard InChI is InChI=1S/C65H118O6/c1-4-7-10-13-16-19-22-25-28-31-32-35-37-40-43-46-49-52-55-58-64(67)70-61-62(71-65(68)59-56-53-50-47-44-41-38-34-30-27-24-21-18-15-12-9-6-3)60-69-63(66)57-54-51-48-45-42-39-36-33-29-26-23-20-17-14-11-8-5-2/h17,20,26-27,29-30,36,39,62H,4-16,18-19,21-25,28,31-35,37-38,40-61H2,1-3H3/b20-17-,29-26-,30-27-,39-36-/t62-/m1/s1. The van der Waals surface area contributed by atoms with Crippen LogP contribution < -0.4 is 0 Å². The Balaban J connectivity index is 4.37. The largest absolute Gasteiger partial charge is 0.462 e. The van der Waals surface area contributed by atoms with E-state index in [1.165, 1.54) is 205 Å². The van der Waals surface area contributed by atoms with Gasteiger partial charge in [-0.05, 0) is 83.5 Å². The third kappa shape index (κ3) is 58.1. The Morgan fingerprint density at radius 3 is 0.831 bits per heavy atom. The monoisotopic (exact) mass is 995 g/mol. The van der Waals surface area contributed by atoms with Crippen LogP contribution in [-0.4, -0.2) is 37.2 Å². The average molecular weight is 996 g/mol. The highest BCUT2D eigenvalue weighted by molar-refractivity contribution is 5.71. The Hall–Kier alpha value is -2.63. The fraction of sp³-hybridized carbons (Fsp3) is 0.831. The van der Waals surface area contributed by atoms with Crippen LogP contribution in [0.3, 0.4) is 0 Å². The molecular weight excluding hydrogens is 877 g/mol. The Labute approximate surface area is 441 Å². The van der Waals surface area contributed by atoms with Gasteiger partial charge in [-0.1, -0.05) is 275 Å². The minimum absolute atomic E-state index is 0.0787. The van der Waals surface area contributed by atoms with E-state index in [9.17, 15) is 14.4 Å². The summed E-state index contributed by atoms with van der Waals surface area (Å²) in [5.74, 6) is -0.886. The van der Waals surface area contributed by atoms with Crippen molar-refractivity contribution in [2.75, 3.05) is 13.2 Å². The normalized spacial score (nSPS) is 12.3. The van der Waals surface area contributed by atoms with E-state index in [-0.39, 0.29) is 31.1 Å². The summed E-state index contributed by atoms with van der Waals surface area (Å²) in [6.45, 7) is 6.64. The minimum Gasteiger partial charge on any atom is -0.462 e. The van der Waals surface area contributed by atoms with Gasteiger partial charge in [-0.3, -0.25) is 14.4 Å². The zero-order valence-electron chi connectivity index (χ0n) is 47.5. The molecular formula is C65H118O6. The molecule has 0 rings (SSSR count). The molecule has 0 bridgehead atoms. The third-order valence-corrected chi connectivity index (χ3v) is 13.8. The molecule has 0 aliphatic carbocycles. The molecule has 0 aromatic heterocycles. The fourth-order valence-corrected chi connectivity index (χ4v) is 9.09. The van der Waals surface area contributed by atoms with Crippen molar-refractivity contribution in [2.45, 2.75) is 335 Å². The number of carbonyl (C=O) groups excluding carboxylic acids is 3. The van der Waals surface area contributed by atoms with Gasteiger partial charge in [0, 0.05) is 19.3 Å². The molecule has 0 saturated heterocycles. The Morgan fingerprint density at radius 1 is 0.282 bits per heavy atom. The molecule has 0 N–H and O–H groups in total. The first-order chi connectivity index (χ1) is 35.0. The summed E-state index contributed by atoms with van der Waals surface area (Å²) >= 11 is 0. The van der Waals surface area contributed by atoms with Gasteiger partial charge in [-0.2, -0.15) is 0 Å². The van der Waals surface area contributed by atoms with Gasteiger partial charge in [0.25, 0.3) is 0 Å². The van der Waals surface area contributed by atoms with Crippen molar-refractivity contribution in [2.24, 2.45) is 0 Å². The maximum atomic E-state index is 12.9. The molecule has 71 heavy (non-hydrogen) atoms. The average Bonchev–Trinajstić information content (AvgIpc) is 3.37. The number of unbranched alkanes of at least 4 members (excludes halogenated alkanes) is 38. The van der Waals surface area contributed by atoms with Crippen LogP contribution in [0.2, 0.25) is 0 Å². The summed E-state index contributed by atoms with van der Waals surface area (Å²) in [6.07, 6.45) is 73.9. The lowest BCUT2D eigenvalue weighted by Gasteiger charge is -2.18. The number of esters is 3. The van der Waals surface area contributed by atoms with Crippen LogP contribution in [0, 0.1) is 0 Å². The molecule has 414 valence electrons. The second-order valence-electron chi connectivity index (χ2n) is 21.0. The van der Waals surface area contributed by atoms with E-state index in [1.807, 2.05) is 0 Å². The van der Waals surface area contributed by atoms with Gasteiger partial charge in [0.15, 0.2) is 6.10 Å². The summed E-state index contributed by atoms with van der Waals surface area (Å²) in [4.78, 5) is 38.3. The lowest BCUT2D eigenvalue weighted by molar-refractivity contribution is -0.167. The van der Waals surface area contributed by atoms with Crippen LogP contribution in [0.4, 0.5) is 0 Å². The minimum atomic E-state index is -0.783. The third-order valence-electron chi connectivity index (χ3n) is 13.8. The number of carbonyl (C=O) groups is 3. The van der Waals surface area contributed by atoms with Crippen molar-refractivity contribution in [1.29, 1.82) is 0 Å². The van der Waals surface area contributed by atoms with E-state index < -0.39 is 6.10 Å². The van der Waals surface area contributed by atoms with Gasteiger partial charge >= 0.3 is 17.9 Å². The Kier molecular flexibility index (Phi) is 57.7. The molecule has 6 nitrogen and oxygen atoms in total. The highest BCUT2D eigenvalue weighted by atomic mass is 16.6. The molecule has 0 aliphatic heterocycles. The van der Waals surface area contributed by atoms with Gasteiger partial charge in [0.2, 0.25) is 0 Å². The molecule has 0 radical (unpaired) electrons. The first-order valence-corrected chi connectivity index (χ1v) is 31.1. The molecule has 0 unspecified atom stereocenters. The van der Waals surface area contributed by atoms with Crippen LogP contribution in [0.25, 0.3) is 0 Å². The van der Waals surface area contributed by atoms with Crippen molar-refractivity contribution in [3.8, 4) is 0 Å². The van der Waals surface area contributed by atoms with Crippen molar-refractivity contribution < 1.29 is 28.6 Å². The summed E-state index contributed by atoms with van der Waals surface area (Å²) in [7, 11) is 0. The second-order valence-corrected chi connectivity index (χ2v) is 21.0. The SMILES string of the molecule is CCCCC/C=C\C/C=C\C/C=C\CCCCCCC(=O)OC[C@H](COC(=O)CCCCCCCCCCCCCCCCCCCCC)OC(=O)CCCCCCCCC/C=C\CCCCCCCC. The Bertz CT molecular complexity index is 1230. The molecule has 0 aromatic rings. The van der Waals surface area contributed by atoms with Crippen LogP contribution in [-0.2, 0) is 28.6 Å². The smallest absolute Gasteiger partial charge is 0.306 e. The highest BCUT2D eigenvalue weighted by Crippen LogP contribution is 2.17. The van der Waals surface area contributed by atoms with Gasteiger partial charge in [0.05, 0.1) is 0 Å². The molecule has 6 heteroatoms. The molecule has 0 heterocycles. The van der Waals surface area contributed by atoms with Crippen molar-refractivity contribution in [3.05, 3.63) is 48.6 Å². The van der Waals surface area contributed by atoms with Gasteiger partial charge in [0.1, 0.15) is 13.2 Å². The molecule has 0 fully saturated rings. The zero-order chi connectivity index (χ0) is 51.4. The van der Waals surface area contributed by atoms with Gasteiger partial charge in [-0.25, -0.2) is 0 Å². The topological polar surface area (TPSA) is 78.9 Å². The zero-order valence-corrected chi connectivity index (χ0v) is 47.5. The maximum Gasteiger partial charge on any atom is 0.306 e. The fourth-order valence-electron chi connectivity index (χ4n) is 9.09. The number of allylic oxidation sites excluding steroid dienone is 8. The van der Waals surface area contributed by atoms with E-state index in [0.717, 1.165) is 83.5 Å². The maximum absolute atomic E-state index is 12.9. The predicted octanol–water partition coefficient (Wildman–Crippen LogP) is 21.0. The molecule has 0 amide bonds. The van der Waals surface area contributed by atoms with Crippen molar-refractivity contribution >= 4 is 17.9 Å². The molecule has 0 saturated carbocycles. The van der Waals surface area contributed by atoms with Crippen molar-refractivity contribution in [3.63, 3.8) is 0 Å². The second kappa shape index (κ2) is 59.9. The lowest BCUT2D eigenvalue weighted by Crippen LogP contribution is -2.30. The Morgan fingerprint density at radius 2 is 0.507 bits per heavy atom. The summed E-state index contributed by atoms with van der Waals surface area (Å²) < 4.78 is 16.9. The van der Waals surface area contributed by atoms with Crippen LogP contribution in [0.1, 0.15) is 329 Å². The molecule has 0 spiro atoms. The molecule has 0 aromatic carbocycles. The van der Waals surface area contributed by atoms with E-state index >= 15 is 0 Å². The summed E-state index contributed by atoms with van der Waals surface area (Å²) in [6, 6.07) is 0. The predicted molar refractivity (Wildman–Crippen MR) is 307 cm³/mol. The van der Waals surface area contributed by atoms with E-state index in [0.29, 0.717) is 19.3 Å². The number of hydrogen-bond acceptors (Lipinski definition) is 6. The first kappa shape index (κ1) is 68.4. The number of ether oxygens (including phenoxy) is 3. The van der Waals surface area contributed by atoms with E-state index in [4.69, 9.17) is 14.2 Å². The van der Waals surface area contributed by atoms with E-state index in [1.54, 1.807) is 0 Å². The van der Waals surface area contributed by atoms with Crippen molar-refractivity contribution in [1.82, 2.24) is 0 Å². The van der Waals surface area contributed by atoms with Crippen LogP contribution in [0.15, 0.2) is 48.6 Å². The quantitative estimate of drug-likeness (QED) is 0.0261. The van der Waals surface area contributed by atoms with Crippen LogP contribution >= 0.6 is 0 Å². The first-order valence-electron chi connectivity index (χ1n) is 31.1. The molecule has 0 aliphatic rings. The summed E-state index contributed by atoms with van der Waals surface area (Å²) in [5.41, 5.74) is 0. The van der Waals surface area contributed by atoms with Gasteiger partial charge < -0.3 is 14.2 Å². The number of rotatable bonds is 57. The van der Waals surface area contributed by atoms with Crippen LogP contribution in [0.5, 0.6) is 0 Å². The molecule has 1 atom stereocenters. The van der Waals surface area contributed by atoms with E-state index in [2.05, 4.69) is 69.4 Å². The van der Waals surface area contributed by atoms with Gasteiger partial charge in [-0.15, -0.1) is 0 Å². The number of hydrogen-bond donors (Lipinski definition) is 0.